The minimum Gasteiger partial charge on any atom is -0.493 e. The molecule has 1 amide bonds. The van der Waals surface area contributed by atoms with Gasteiger partial charge in [0.05, 0.1) is 24.9 Å². The molecule has 0 saturated carbocycles. The Morgan fingerprint density at radius 3 is 2.84 bits per heavy atom. The third kappa shape index (κ3) is 3.41. The highest BCUT2D eigenvalue weighted by molar-refractivity contribution is 6.05. The first-order chi connectivity index (χ1) is 15.1. The zero-order valence-corrected chi connectivity index (χ0v) is 16.9. The summed E-state index contributed by atoms with van der Waals surface area (Å²) in [7, 11) is 1.57. The molecular weight excluding hydrogens is 398 g/mol. The molecule has 1 unspecified atom stereocenters. The Morgan fingerprint density at radius 2 is 2.03 bits per heavy atom. The Labute approximate surface area is 177 Å². The number of ether oxygens (including phenoxy) is 2. The lowest BCUT2D eigenvalue weighted by atomic mass is 9.96. The summed E-state index contributed by atoms with van der Waals surface area (Å²) in [5.74, 6) is 2.20. The van der Waals surface area contributed by atoms with E-state index in [9.17, 15) is 4.79 Å². The van der Waals surface area contributed by atoms with E-state index in [0.29, 0.717) is 58.3 Å². The van der Waals surface area contributed by atoms with Crippen molar-refractivity contribution in [3.63, 3.8) is 0 Å². The van der Waals surface area contributed by atoms with Crippen LogP contribution >= 0.6 is 0 Å². The maximum Gasteiger partial charge on any atom is 0.239 e. The standard InChI is InChI=1S/C21H19N7O3/c1-11-24-9-13-18(21(29)28-20(13)27-11)19-12-7-15(30-2)16(8-14(12)25-10-26-19)31-6-3-17-22-4-5-23-17/h4-5,7-10,18H,3,6H2,1-2H3,(H,22,23)(H,24,27,28,29). The summed E-state index contributed by atoms with van der Waals surface area (Å²) in [6, 6.07) is 3.59. The SMILES string of the molecule is COc1cc2c(C3C(=O)Nc4nc(C)ncc43)ncnc2cc1OCCc1ncc[nH]1. The van der Waals surface area contributed by atoms with Crippen LogP contribution in [0.1, 0.15) is 28.8 Å². The molecule has 4 heterocycles. The van der Waals surface area contributed by atoms with E-state index in [1.165, 1.54) is 6.33 Å². The summed E-state index contributed by atoms with van der Waals surface area (Å²) in [6.07, 6.45) is 7.21. The Balaban J connectivity index is 1.52. The average molecular weight is 417 g/mol. The first-order valence-electron chi connectivity index (χ1n) is 9.72. The number of rotatable bonds is 6. The Hall–Kier alpha value is -4.08. The van der Waals surface area contributed by atoms with Crippen LogP contribution < -0.4 is 14.8 Å². The fourth-order valence-electron chi connectivity index (χ4n) is 3.67. The van der Waals surface area contributed by atoms with Crippen LogP contribution in [0.4, 0.5) is 5.82 Å². The van der Waals surface area contributed by atoms with Crippen LogP contribution in [0.2, 0.25) is 0 Å². The lowest BCUT2D eigenvalue weighted by Gasteiger charge is -2.14. The van der Waals surface area contributed by atoms with Crippen LogP contribution in [0, 0.1) is 6.92 Å². The zero-order chi connectivity index (χ0) is 21.4. The van der Waals surface area contributed by atoms with Gasteiger partial charge in [-0.25, -0.2) is 24.9 Å². The van der Waals surface area contributed by atoms with Crippen molar-refractivity contribution >= 4 is 22.6 Å². The van der Waals surface area contributed by atoms with Gasteiger partial charge in [0.25, 0.3) is 0 Å². The summed E-state index contributed by atoms with van der Waals surface area (Å²) in [5.41, 5.74) is 1.90. The number of methoxy groups -OCH3 is 1. The second kappa shape index (κ2) is 7.63. The third-order valence-corrected chi connectivity index (χ3v) is 5.13. The molecule has 1 aromatic carbocycles. The molecule has 10 nitrogen and oxygen atoms in total. The predicted octanol–water partition coefficient (Wildman–Crippen LogP) is 2.17. The van der Waals surface area contributed by atoms with Crippen molar-refractivity contribution in [2.45, 2.75) is 19.3 Å². The van der Waals surface area contributed by atoms with E-state index >= 15 is 0 Å². The highest BCUT2D eigenvalue weighted by Gasteiger charge is 2.36. The zero-order valence-electron chi connectivity index (χ0n) is 16.9. The van der Waals surface area contributed by atoms with Crippen molar-refractivity contribution in [2.24, 2.45) is 0 Å². The largest absolute Gasteiger partial charge is 0.493 e. The summed E-state index contributed by atoms with van der Waals surface area (Å²) < 4.78 is 11.5. The van der Waals surface area contributed by atoms with E-state index in [1.54, 1.807) is 44.8 Å². The molecule has 0 bridgehead atoms. The number of amides is 1. The van der Waals surface area contributed by atoms with Gasteiger partial charge in [0, 0.05) is 42.0 Å². The lowest BCUT2D eigenvalue weighted by Crippen LogP contribution is -2.15. The first-order valence-corrected chi connectivity index (χ1v) is 9.72. The third-order valence-electron chi connectivity index (χ3n) is 5.13. The van der Waals surface area contributed by atoms with E-state index in [0.717, 1.165) is 5.82 Å². The highest BCUT2D eigenvalue weighted by Crippen LogP contribution is 2.40. The molecule has 1 aliphatic rings. The number of hydrogen-bond donors (Lipinski definition) is 2. The quantitative estimate of drug-likeness (QED) is 0.488. The molecule has 31 heavy (non-hydrogen) atoms. The fourth-order valence-corrected chi connectivity index (χ4v) is 3.67. The van der Waals surface area contributed by atoms with Crippen LogP contribution in [-0.4, -0.2) is 49.5 Å². The van der Waals surface area contributed by atoms with E-state index in [-0.39, 0.29) is 5.91 Å². The van der Waals surface area contributed by atoms with Crippen molar-refractivity contribution in [3.05, 3.63) is 60.0 Å². The molecule has 0 saturated heterocycles. The van der Waals surface area contributed by atoms with Crippen molar-refractivity contribution in [1.82, 2.24) is 29.9 Å². The number of aromatic amines is 1. The molecule has 0 radical (unpaired) electrons. The normalized spacial score (nSPS) is 15.0. The predicted molar refractivity (Wildman–Crippen MR) is 111 cm³/mol. The number of nitrogens with zero attached hydrogens (tertiary/aromatic N) is 5. The maximum absolute atomic E-state index is 12.8. The molecule has 0 spiro atoms. The molecule has 0 fully saturated rings. The molecule has 4 aromatic rings. The van der Waals surface area contributed by atoms with Gasteiger partial charge >= 0.3 is 0 Å². The van der Waals surface area contributed by atoms with Crippen molar-refractivity contribution in [1.29, 1.82) is 0 Å². The number of fused-ring (bicyclic) bond motifs is 2. The molecule has 1 atom stereocenters. The minimum absolute atomic E-state index is 0.201. The molecule has 156 valence electrons. The number of H-pyrrole nitrogens is 1. The molecule has 3 aromatic heterocycles. The minimum atomic E-state index is -0.628. The number of carbonyl (C=O) groups excluding carboxylic acids is 1. The summed E-state index contributed by atoms with van der Waals surface area (Å²) >= 11 is 0. The number of nitrogens with one attached hydrogen (secondary N) is 2. The molecule has 5 rings (SSSR count). The Bertz CT molecular complexity index is 1270. The van der Waals surface area contributed by atoms with Crippen molar-refractivity contribution in [2.75, 3.05) is 19.0 Å². The number of imidazole rings is 1. The van der Waals surface area contributed by atoms with Gasteiger partial charge in [0.15, 0.2) is 11.5 Å². The van der Waals surface area contributed by atoms with Gasteiger partial charge in [-0.2, -0.15) is 0 Å². The van der Waals surface area contributed by atoms with Gasteiger partial charge in [-0.05, 0) is 13.0 Å². The van der Waals surface area contributed by atoms with E-state index in [1.807, 2.05) is 0 Å². The Kier molecular flexibility index (Phi) is 4.66. The number of hydrogen-bond acceptors (Lipinski definition) is 8. The highest BCUT2D eigenvalue weighted by atomic mass is 16.5. The van der Waals surface area contributed by atoms with Gasteiger partial charge in [-0.15, -0.1) is 0 Å². The van der Waals surface area contributed by atoms with Crippen LogP contribution in [0.3, 0.4) is 0 Å². The molecule has 0 aliphatic carbocycles. The van der Waals surface area contributed by atoms with Gasteiger partial charge in [-0.3, -0.25) is 4.79 Å². The number of aromatic nitrogens is 6. The van der Waals surface area contributed by atoms with Gasteiger partial charge in [0.1, 0.15) is 29.7 Å². The van der Waals surface area contributed by atoms with E-state index in [2.05, 4.69) is 35.2 Å². The average Bonchev–Trinajstić information content (AvgIpc) is 3.39. The fraction of sp³-hybridized carbons (Fsp3) is 0.238. The van der Waals surface area contributed by atoms with Crippen LogP contribution in [0.25, 0.3) is 10.9 Å². The van der Waals surface area contributed by atoms with Gasteiger partial charge in [-0.1, -0.05) is 0 Å². The lowest BCUT2D eigenvalue weighted by molar-refractivity contribution is -0.116. The second-order valence-electron chi connectivity index (χ2n) is 7.06. The number of benzene rings is 1. The van der Waals surface area contributed by atoms with Gasteiger partial charge in [0.2, 0.25) is 5.91 Å². The summed E-state index contributed by atoms with van der Waals surface area (Å²) in [5, 5.41) is 3.52. The van der Waals surface area contributed by atoms with Crippen LogP contribution in [0.15, 0.2) is 37.1 Å². The summed E-state index contributed by atoms with van der Waals surface area (Å²) in [4.78, 5) is 37.4. The smallest absolute Gasteiger partial charge is 0.239 e. The second-order valence-corrected chi connectivity index (χ2v) is 7.06. The molecular formula is C21H19N7O3. The summed E-state index contributed by atoms with van der Waals surface area (Å²) in [6.45, 7) is 2.19. The molecule has 1 aliphatic heterocycles. The number of anilines is 1. The van der Waals surface area contributed by atoms with E-state index < -0.39 is 5.92 Å². The van der Waals surface area contributed by atoms with Crippen LogP contribution in [-0.2, 0) is 11.2 Å². The Morgan fingerprint density at radius 1 is 1.13 bits per heavy atom. The monoisotopic (exact) mass is 417 g/mol. The first kappa shape index (κ1) is 18.9. The molecule has 10 heteroatoms. The number of aryl methyl sites for hydroxylation is 1. The van der Waals surface area contributed by atoms with Gasteiger partial charge < -0.3 is 19.8 Å². The van der Waals surface area contributed by atoms with Crippen molar-refractivity contribution < 1.29 is 14.3 Å². The van der Waals surface area contributed by atoms with Crippen molar-refractivity contribution in [3.8, 4) is 11.5 Å². The maximum atomic E-state index is 12.8. The van der Waals surface area contributed by atoms with Crippen LogP contribution in [0.5, 0.6) is 11.5 Å². The topological polar surface area (TPSA) is 128 Å². The molecule has 2 N–H and O–H groups in total. The number of carbonyl (C=O) groups is 1. The van der Waals surface area contributed by atoms with E-state index in [4.69, 9.17) is 9.47 Å².